The van der Waals surface area contributed by atoms with E-state index in [1.54, 1.807) is 0 Å². The number of aliphatic hydroxyl groups is 1. The predicted molar refractivity (Wildman–Crippen MR) is 86.8 cm³/mol. The van der Waals surface area contributed by atoms with E-state index in [4.69, 9.17) is 5.73 Å². The molecule has 0 fully saturated rings. The van der Waals surface area contributed by atoms with Crippen molar-refractivity contribution < 1.29 is 5.11 Å². The first-order valence-electron chi connectivity index (χ1n) is 6.73. The molecule has 1 atom stereocenters. The van der Waals surface area contributed by atoms with E-state index < -0.39 is 5.41 Å². The van der Waals surface area contributed by atoms with Crippen molar-refractivity contribution in [2.75, 3.05) is 13.2 Å². The van der Waals surface area contributed by atoms with Crippen molar-refractivity contribution in [3.05, 3.63) is 69.7 Å². The van der Waals surface area contributed by atoms with Crippen LogP contribution in [0.1, 0.15) is 16.7 Å². The quantitative estimate of drug-likeness (QED) is 0.882. The number of hydrogen-bond donors (Lipinski definition) is 2. The van der Waals surface area contributed by atoms with Gasteiger partial charge in [-0.2, -0.15) is 0 Å². The van der Waals surface area contributed by atoms with E-state index in [-0.39, 0.29) is 6.61 Å². The van der Waals surface area contributed by atoms with Crippen molar-refractivity contribution in [3.8, 4) is 0 Å². The number of rotatable bonds is 5. The Labute approximate surface area is 128 Å². The molecular formula is C17H20BrNO. The van der Waals surface area contributed by atoms with Crippen LogP contribution in [-0.4, -0.2) is 18.3 Å². The summed E-state index contributed by atoms with van der Waals surface area (Å²) in [6.07, 6.45) is 0.713. The maximum atomic E-state index is 9.98. The average molecular weight is 334 g/mol. The molecule has 0 radical (unpaired) electrons. The minimum atomic E-state index is -0.435. The van der Waals surface area contributed by atoms with Gasteiger partial charge < -0.3 is 10.8 Å². The molecule has 0 aromatic heterocycles. The summed E-state index contributed by atoms with van der Waals surface area (Å²) >= 11 is 3.57. The van der Waals surface area contributed by atoms with E-state index >= 15 is 0 Å². The van der Waals surface area contributed by atoms with Gasteiger partial charge in [0.25, 0.3) is 0 Å². The molecule has 3 N–H and O–H groups in total. The molecule has 1 unspecified atom stereocenters. The Morgan fingerprint density at radius 3 is 2.50 bits per heavy atom. The van der Waals surface area contributed by atoms with E-state index in [0.29, 0.717) is 13.0 Å². The molecule has 2 aromatic rings. The highest BCUT2D eigenvalue weighted by atomic mass is 79.9. The van der Waals surface area contributed by atoms with Crippen LogP contribution < -0.4 is 5.73 Å². The first-order chi connectivity index (χ1) is 9.61. The van der Waals surface area contributed by atoms with Gasteiger partial charge in [-0.1, -0.05) is 64.0 Å². The van der Waals surface area contributed by atoms with E-state index in [2.05, 4.69) is 41.1 Å². The second-order valence-corrected chi connectivity index (χ2v) is 6.13. The molecule has 2 aromatic carbocycles. The summed E-state index contributed by atoms with van der Waals surface area (Å²) in [5.74, 6) is 0. The molecule has 106 valence electrons. The van der Waals surface area contributed by atoms with Crippen LogP contribution in [0.2, 0.25) is 0 Å². The van der Waals surface area contributed by atoms with Crippen molar-refractivity contribution in [3.63, 3.8) is 0 Å². The van der Waals surface area contributed by atoms with Crippen LogP contribution in [0.15, 0.2) is 53.0 Å². The summed E-state index contributed by atoms with van der Waals surface area (Å²) in [4.78, 5) is 0. The summed E-state index contributed by atoms with van der Waals surface area (Å²) in [5, 5.41) is 9.98. The molecule has 0 saturated heterocycles. The predicted octanol–water partition coefficient (Wildman–Crippen LogP) is 3.19. The largest absolute Gasteiger partial charge is 0.395 e. The van der Waals surface area contributed by atoms with Crippen LogP contribution in [0.5, 0.6) is 0 Å². The average Bonchev–Trinajstić information content (AvgIpc) is 2.47. The molecule has 0 aliphatic rings. The molecule has 3 heteroatoms. The van der Waals surface area contributed by atoms with Crippen LogP contribution in [0, 0.1) is 6.92 Å². The Bertz CT molecular complexity index is 579. The lowest BCUT2D eigenvalue weighted by molar-refractivity contribution is 0.196. The molecule has 2 nitrogen and oxygen atoms in total. The second kappa shape index (κ2) is 6.53. The van der Waals surface area contributed by atoms with E-state index in [1.807, 2.05) is 30.3 Å². The Hall–Kier alpha value is -1.16. The lowest BCUT2D eigenvalue weighted by atomic mass is 9.76. The Morgan fingerprint density at radius 1 is 1.15 bits per heavy atom. The van der Waals surface area contributed by atoms with Crippen LogP contribution in [0.3, 0.4) is 0 Å². The van der Waals surface area contributed by atoms with Gasteiger partial charge in [-0.15, -0.1) is 0 Å². The third kappa shape index (κ3) is 3.11. The number of nitrogens with two attached hydrogens (primary N) is 1. The Kier molecular flexibility index (Phi) is 4.97. The molecule has 0 bridgehead atoms. The topological polar surface area (TPSA) is 46.2 Å². The molecule has 0 spiro atoms. The molecule has 2 rings (SSSR count). The standard InChI is InChI=1S/C17H20BrNO/c1-13-5-4-7-15(9-13)17(11-19,12-20)10-14-6-2-3-8-16(14)18/h2-9,20H,10-12,19H2,1H3. The first-order valence-corrected chi connectivity index (χ1v) is 7.52. The lowest BCUT2D eigenvalue weighted by Crippen LogP contribution is -2.41. The number of aryl methyl sites for hydroxylation is 1. The highest BCUT2D eigenvalue weighted by Gasteiger charge is 2.31. The van der Waals surface area contributed by atoms with E-state index in [1.165, 1.54) is 5.56 Å². The zero-order valence-corrected chi connectivity index (χ0v) is 13.2. The Balaban J connectivity index is 2.42. The van der Waals surface area contributed by atoms with Crippen molar-refractivity contribution in [1.82, 2.24) is 0 Å². The van der Waals surface area contributed by atoms with Crippen molar-refractivity contribution >= 4 is 15.9 Å². The monoisotopic (exact) mass is 333 g/mol. The summed E-state index contributed by atoms with van der Waals surface area (Å²) in [6, 6.07) is 16.3. The fourth-order valence-corrected chi connectivity index (χ4v) is 2.91. The fraction of sp³-hybridized carbons (Fsp3) is 0.294. The summed E-state index contributed by atoms with van der Waals surface area (Å²) < 4.78 is 1.05. The lowest BCUT2D eigenvalue weighted by Gasteiger charge is -2.32. The first kappa shape index (κ1) is 15.2. The maximum Gasteiger partial charge on any atom is 0.0543 e. The molecule has 0 amide bonds. The highest BCUT2D eigenvalue weighted by molar-refractivity contribution is 9.10. The second-order valence-electron chi connectivity index (χ2n) is 5.28. The number of hydrogen-bond acceptors (Lipinski definition) is 2. The molecule has 0 saturated carbocycles. The molecule has 0 aliphatic heterocycles. The van der Waals surface area contributed by atoms with Gasteiger partial charge in [-0.25, -0.2) is 0 Å². The van der Waals surface area contributed by atoms with Gasteiger partial charge in [0.05, 0.1) is 6.61 Å². The Morgan fingerprint density at radius 2 is 1.90 bits per heavy atom. The van der Waals surface area contributed by atoms with Crippen LogP contribution in [-0.2, 0) is 11.8 Å². The van der Waals surface area contributed by atoms with E-state index in [9.17, 15) is 5.11 Å². The van der Waals surface area contributed by atoms with Crippen LogP contribution >= 0.6 is 15.9 Å². The summed E-state index contributed by atoms with van der Waals surface area (Å²) in [6.45, 7) is 2.50. The minimum Gasteiger partial charge on any atom is -0.395 e. The maximum absolute atomic E-state index is 9.98. The van der Waals surface area contributed by atoms with E-state index in [0.717, 1.165) is 15.6 Å². The van der Waals surface area contributed by atoms with Gasteiger partial charge in [-0.05, 0) is 30.5 Å². The fourth-order valence-electron chi connectivity index (χ4n) is 2.49. The molecule has 0 heterocycles. The van der Waals surface area contributed by atoms with Gasteiger partial charge in [0.1, 0.15) is 0 Å². The third-order valence-electron chi connectivity index (χ3n) is 3.81. The van der Waals surface area contributed by atoms with Gasteiger partial charge in [-0.3, -0.25) is 0 Å². The number of halogens is 1. The van der Waals surface area contributed by atoms with Gasteiger partial charge in [0, 0.05) is 16.4 Å². The molecule has 0 aliphatic carbocycles. The van der Waals surface area contributed by atoms with Crippen molar-refractivity contribution in [2.24, 2.45) is 5.73 Å². The highest BCUT2D eigenvalue weighted by Crippen LogP contribution is 2.30. The zero-order chi connectivity index (χ0) is 14.6. The smallest absolute Gasteiger partial charge is 0.0543 e. The molecular weight excluding hydrogens is 314 g/mol. The normalized spacial score (nSPS) is 14.0. The molecule has 20 heavy (non-hydrogen) atoms. The van der Waals surface area contributed by atoms with Crippen molar-refractivity contribution in [1.29, 1.82) is 0 Å². The van der Waals surface area contributed by atoms with Crippen LogP contribution in [0.4, 0.5) is 0 Å². The van der Waals surface area contributed by atoms with Gasteiger partial charge in [0.15, 0.2) is 0 Å². The SMILES string of the molecule is Cc1cccc(C(CN)(CO)Cc2ccccc2Br)c1. The van der Waals surface area contributed by atoms with Crippen LogP contribution in [0.25, 0.3) is 0 Å². The number of benzene rings is 2. The number of aliphatic hydroxyl groups excluding tert-OH is 1. The van der Waals surface area contributed by atoms with Gasteiger partial charge in [0.2, 0.25) is 0 Å². The summed E-state index contributed by atoms with van der Waals surface area (Å²) in [5.41, 5.74) is 9.03. The van der Waals surface area contributed by atoms with Gasteiger partial charge >= 0.3 is 0 Å². The minimum absolute atomic E-state index is 0.0360. The summed E-state index contributed by atoms with van der Waals surface area (Å²) in [7, 11) is 0. The zero-order valence-electron chi connectivity index (χ0n) is 11.6. The third-order valence-corrected chi connectivity index (χ3v) is 4.58. The van der Waals surface area contributed by atoms with Crippen molar-refractivity contribution in [2.45, 2.75) is 18.8 Å².